The van der Waals surface area contributed by atoms with Gasteiger partial charge in [0.25, 0.3) is 5.91 Å². The fourth-order valence-corrected chi connectivity index (χ4v) is 4.56. The van der Waals surface area contributed by atoms with Gasteiger partial charge in [-0.1, -0.05) is 41.4 Å². The molecule has 0 saturated carbocycles. The Hall–Kier alpha value is -4.40. The maximum Gasteiger partial charge on any atom is 0.251 e. The van der Waals surface area contributed by atoms with E-state index in [1.54, 1.807) is 56.6 Å². The molecule has 0 atom stereocenters. The zero-order valence-electron chi connectivity index (χ0n) is 22.7. The first-order chi connectivity index (χ1) is 19.7. The van der Waals surface area contributed by atoms with Crippen molar-refractivity contribution in [2.75, 3.05) is 25.5 Å². The van der Waals surface area contributed by atoms with E-state index in [1.807, 2.05) is 37.3 Å². The Bertz CT molecular complexity index is 1640. The summed E-state index contributed by atoms with van der Waals surface area (Å²) >= 11 is 13.1. The Morgan fingerprint density at radius 2 is 1.73 bits per heavy atom. The molecule has 1 aromatic heterocycles. The Morgan fingerprint density at radius 3 is 2.46 bits per heavy atom. The van der Waals surface area contributed by atoms with E-state index in [0.717, 1.165) is 22.2 Å². The van der Waals surface area contributed by atoms with Crippen molar-refractivity contribution in [3.63, 3.8) is 0 Å². The standard InChI is InChI=1S/C31H28Cl2N4O4/c1-19-4-8-21-11-12-23(16-26(21)36-19)41-18-24-25(32)13-14-27(30(24)33)37(3)29(39)17-35-28(38)15-7-20-5-9-22(10-6-20)31(40)34-2/h4-16H,17-18H2,1-3H3,(H,34,40)(H,35,38)/b15-7+. The third kappa shape index (κ3) is 7.42. The van der Waals surface area contributed by atoms with Crippen molar-refractivity contribution in [1.82, 2.24) is 15.6 Å². The number of halogens is 2. The molecular weight excluding hydrogens is 563 g/mol. The first kappa shape index (κ1) is 29.6. The second-order valence-electron chi connectivity index (χ2n) is 9.16. The number of rotatable bonds is 9. The summed E-state index contributed by atoms with van der Waals surface area (Å²) in [6.45, 7) is 1.76. The maximum atomic E-state index is 12.9. The van der Waals surface area contributed by atoms with Gasteiger partial charge in [-0.2, -0.15) is 0 Å². The second kappa shape index (κ2) is 13.3. The van der Waals surface area contributed by atoms with Gasteiger partial charge in [-0.15, -0.1) is 0 Å². The van der Waals surface area contributed by atoms with Crippen LogP contribution in [-0.2, 0) is 16.2 Å². The Kier molecular flexibility index (Phi) is 9.60. The van der Waals surface area contributed by atoms with Crippen LogP contribution in [0.3, 0.4) is 0 Å². The molecule has 0 fully saturated rings. The summed E-state index contributed by atoms with van der Waals surface area (Å²) in [5.74, 6) is -0.415. The van der Waals surface area contributed by atoms with Crippen LogP contribution in [0.1, 0.15) is 27.2 Å². The number of nitrogens with one attached hydrogen (secondary N) is 2. The maximum absolute atomic E-state index is 12.9. The van der Waals surface area contributed by atoms with E-state index in [4.69, 9.17) is 27.9 Å². The summed E-state index contributed by atoms with van der Waals surface area (Å²) < 4.78 is 5.97. The van der Waals surface area contributed by atoms with Gasteiger partial charge < -0.3 is 20.3 Å². The molecule has 2 N–H and O–H groups in total. The Balaban J connectivity index is 1.37. The van der Waals surface area contributed by atoms with E-state index in [1.165, 1.54) is 11.0 Å². The number of aryl methyl sites for hydroxylation is 1. The highest BCUT2D eigenvalue weighted by molar-refractivity contribution is 6.38. The highest BCUT2D eigenvalue weighted by atomic mass is 35.5. The summed E-state index contributed by atoms with van der Waals surface area (Å²) in [7, 11) is 3.12. The molecule has 0 radical (unpaired) electrons. The van der Waals surface area contributed by atoms with Crippen molar-refractivity contribution >= 4 is 63.6 Å². The molecule has 3 aromatic carbocycles. The fourth-order valence-electron chi connectivity index (χ4n) is 3.96. The molecule has 0 aliphatic heterocycles. The Labute approximate surface area is 247 Å². The zero-order chi connectivity index (χ0) is 29.5. The number of nitrogens with zero attached hydrogens (tertiary/aromatic N) is 2. The smallest absolute Gasteiger partial charge is 0.251 e. The van der Waals surface area contributed by atoms with E-state index >= 15 is 0 Å². The van der Waals surface area contributed by atoms with E-state index in [2.05, 4.69) is 15.6 Å². The molecule has 10 heteroatoms. The van der Waals surface area contributed by atoms with Crippen molar-refractivity contribution in [3.05, 3.63) is 105 Å². The number of ether oxygens (including phenoxy) is 1. The lowest BCUT2D eigenvalue weighted by atomic mass is 10.1. The number of aromatic nitrogens is 1. The molecular formula is C31H28Cl2N4O4. The summed E-state index contributed by atoms with van der Waals surface area (Å²) in [4.78, 5) is 42.7. The number of fused-ring (bicyclic) bond motifs is 1. The van der Waals surface area contributed by atoms with Gasteiger partial charge in [0.05, 0.1) is 22.8 Å². The van der Waals surface area contributed by atoms with Crippen LogP contribution in [0.15, 0.2) is 72.8 Å². The predicted octanol–water partition coefficient (Wildman–Crippen LogP) is 5.58. The third-order valence-corrected chi connectivity index (χ3v) is 7.10. The van der Waals surface area contributed by atoms with E-state index < -0.39 is 5.91 Å². The molecule has 0 spiro atoms. The van der Waals surface area contributed by atoms with Gasteiger partial charge in [0, 0.05) is 53.5 Å². The normalized spacial score (nSPS) is 11.0. The van der Waals surface area contributed by atoms with Crippen molar-refractivity contribution in [1.29, 1.82) is 0 Å². The van der Waals surface area contributed by atoms with Gasteiger partial charge in [0.1, 0.15) is 12.4 Å². The molecule has 4 rings (SSSR count). The lowest BCUT2D eigenvalue weighted by molar-refractivity contribution is -0.122. The minimum atomic E-state index is -0.446. The number of hydrogen-bond acceptors (Lipinski definition) is 5. The zero-order valence-corrected chi connectivity index (χ0v) is 24.2. The van der Waals surface area contributed by atoms with Crippen LogP contribution in [0.5, 0.6) is 5.75 Å². The molecule has 0 saturated heterocycles. The lowest BCUT2D eigenvalue weighted by Gasteiger charge is -2.21. The van der Waals surface area contributed by atoms with Gasteiger partial charge in [0.2, 0.25) is 11.8 Å². The fraction of sp³-hybridized carbons (Fsp3) is 0.161. The number of anilines is 1. The van der Waals surface area contributed by atoms with E-state index in [9.17, 15) is 14.4 Å². The molecule has 0 aliphatic rings. The van der Waals surface area contributed by atoms with E-state index in [-0.39, 0.29) is 30.0 Å². The van der Waals surface area contributed by atoms with Crippen molar-refractivity contribution in [3.8, 4) is 5.75 Å². The summed E-state index contributed by atoms with van der Waals surface area (Å²) in [5, 5.41) is 6.79. The number of carbonyl (C=O) groups excluding carboxylic acids is 3. The summed E-state index contributed by atoms with van der Waals surface area (Å²) in [6.07, 6.45) is 2.91. The van der Waals surface area contributed by atoms with Crippen molar-refractivity contribution < 1.29 is 19.1 Å². The second-order valence-corrected chi connectivity index (χ2v) is 9.95. The number of hydrogen-bond donors (Lipinski definition) is 2. The van der Waals surface area contributed by atoms with Crippen LogP contribution >= 0.6 is 23.2 Å². The lowest BCUT2D eigenvalue weighted by Crippen LogP contribution is -2.37. The number of likely N-dealkylation sites (N-methyl/N-ethyl adjacent to an activating group) is 1. The van der Waals surface area contributed by atoms with E-state index in [0.29, 0.717) is 27.6 Å². The van der Waals surface area contributed by atoms with Crippen LogP contribution in [0.4, 0.5) is 5.69 Å². The average molecular weight is 591 g/mol. The monoisotopic (exact) mass is 590 g/mol. The molecule has 0 unspecified atom stereocenters. The van der Waals surface area contributed by atoms with Gasteiger partial charge in [-0.3, -0.25) is 19.4 Å². The molecule has 0 bridgehead atoms. The molecule has 4 aromatic rings. The first-order valence-corrected chi connectivity index (χ1v) is 13.4. The largest absolute Gasteiger partial charge is 0.489 e. The molecule has 1 heterocycles. The third-order valence-electron chi connectivity index (χ3n) is 6.33. The molecule has 3 amide bonds. The van der Waals surface area contributed by atoms with Crippen molar-refractivity contribution in [2.45, 2.75) is 13.5 Å². The minimum absolute atomic E-state index is 0.0798. The molecule has 0 aliphatic carbocycles. The van der Waals surface area contributed by atoms with Crippen LogP contribution in [0.25, 0.3) is 17.0 Å². The minimum Gasteiger partial charge on any atom is -0.489 e. The van der Waals surface area contributed by atoms with Gasteiger partial charge >= 0.3 is 0 Å². The van der Waals surface area contributed by atoms with Gasteiger partial charge in [0.15, 0.2) is 0 Å². The molecule has 41 heavy (non-hydrogen) atoms. The number of amides is 3. The van der Waals surface area contributed by atoms with Crippen LogP contribution in [-0.4, -0.2) is 43.3 Å². The topological polar surface area (TPSA) is 101 Å². The average Bonchev–Trinajstić information content (AvgIpc) is 2.98. The predicted molar refractivity (Wildman–Crippen MR) is 163 cm³/mol. The number of pyridine rings is 1. The highest BCUT2D eigenvalue weighted by Gasteiger charge is 2.19. The Morgan fingerprint density at radius 1 is 1.00 bits per heavy atom. The van der Waals surface area contributed by atoms with Crippen LogP contribution in [0, 0.1) is 6.92 Å². The van der Waals surface area contributed by atoms with Gasteiger partial charge in [-0.05, 0) is 61.0 Å². The van der Waals surface area contributed by atoms with Gasteiger partial charge in [-0.25, -0.2) is 0 Å². The summed E-state index contributed by atoms with van der Waals surface area (Å²) in [5.41, 5.74) is 3.92. The first-order valence-electron chi connectivity index (χ1n) is 12.7. The summed E-state index contributed by atoms with van der Waals surface area (Å²) in [6, 6.07) is 19.6. The van der Waals surface area contributed by atoms with Crippen LogP contribution < -0.4 is 20.3 Å². The van der Waals surface area contributed by atoms with Crippen molar-refractivity contribution in [2.24, 2.45) is 0 Å². The quantitative estimate of drug-likeness (QED) is 0.248. The highest BCUT2D eigenvalue weighted by Crippen LogP contribution is 2.34. The number of benzene rings is 3. The SMILES string of the molecule is CNC(=O)c1ccc(/C=C/C(=O)NCC(=O)N(C)c2ccc(Cl)c(COc3ccc4ccc(C)nc4c3)c2Cl)cc1. The molecule has 210 valence electrons. The molecule has 8 nitrogen and oxygen atoms in total. The number of carbonyl (C=O) groups is 3. The van der Waals surface area contributed by atoms with Crippen LogP contribution in [0.2, 0.25) is 10.0 Å².